The molecule has 29 heavy (non-hydrogen) atoms. The van der Waals surface area contributed by atoms with Crippen molar-refractivity contribution in [3.05, 3.63) is 77.6 Å². The number of halogens is 2. The lowest BCUT2D eigenvalue weighted by atomic mass is 10.2. The van der Waals surface area contributed by atoms with Crippen LogP contribution in [0.15, 0.2) is 54.7 Å². The molecule has 0 bridgehead atoms. The highest BCUT2D eigenvalue weighted by Crippen LogP contribution is 2.27. The van der Waals surface area contributed by atoms with E-state index in [9.17, 15) is 13.6 Å². The smallest absolute Gasteiger partial charge is 0.274 e. The minimum Gasteiger partial charge on any atom is -0.493 e. The minimum absolute atomic E-state index is 0.132. The third kappa shape index (κ3) is 4.98. The van der Waals surface area contributed by atoms with Gasteiger partial charge in [0, 0.05) is 30.2 Å². The molecule has 6 nitrogen and oxygen atoms in total. The summed E-state index contributed by atoms with van der Waals surface area (Å²) in [5.74, 6) is -1.31. The van der Waals surface area contributed by atoms with Gasteiger partial charge in [0.1, 0.15) is 5.69 Å². The molecule has 0 aliphatic rings. The van der Waals surface area contributed by atoms with Gasteiger partial charge in [-0.05, 0) is 42.0 Å². The highest BCUT2D eigenvalue weighted by atomic mass is 19.2. The maximum Gasteiger partial charge on any atom is 0.274 e. The summed E-state index contributed by atoms with van der Waals surface area (Å²) in [5, 5.41) is 5.69. The van der Waals surface area contributed by atoms with Crippen LogP contribution in [-0.2, 0) is 6.54 Å². The molecule has 0 atom stereocenters. The molecule has 150 valence electrons. The lowest BCUT2D eigenvalue weighted by Gasteiger charge is -2.11. The number of methoxy groups -OCH3 is 2. The molecule has 1 heterocycles. The van der Waals surface area contributed by atoms with Gasteiger partial charge in [-0.1, -0.05) is 6.07 Å². The number of amides is 1. The number of aromatic nitrogens is 1. The molecule has 3 rings (SSSR count). The van der Waals surface area contributed by atoms with E-state index >= 15 is 0 Å². The van der Waals surface area contributed by atoms with Crippen LogP contribution in [0.25, 0.3) is 0 Å². The molecule has 0 fully saturated rings. The molecule has 3 aromatic rings. The van der Waals surface area contributed by atoms with Gasteiger partial charge >= 0.3 is 0 Å². The number of nitrogens with one attached hydrogen (secondary N) is 2. The Kier molecular flexibility index (Phi) is 6.23. The second kappa shape index (κ2) is 9.01. The first-order valence-electron chi connectivity index (χ1n) is 8.67. The fraction of sp³-hybridized carbons (Fsp3) is 0.143. The average Bonchev–Trinajstić information content (AvgIpc) is 2.74. The minimum atomic E-state index is -1.04. The summed E-state index contributed by atoms with van der Waals surface area (Å²) in [6.07, 6.45) is 1.48. The number of hydrogen-bond acceptors (Lipinski definition) is 5. The lowest BCUT2D eigenvalue weighted by molar-refractivity contribution is 0.102. The van der Waals surface area contributed by atoms with Crippen LogP contribution in [0.2, 0.25) is 0 Å². The van der Waals surface area contributed by atoms with Crippen molar-refractivity contribution >= 4 is 17.3 Å². The van der Waals surface area contributed by atoms with Gasteiger partial charge in [0.05, 0.1) is 14.2 Å². The zero-order chi connectivity index (χ0) is 20.8. The van der Waals surface area contributed by atoms with E-state index in [1.807, 2.05) is 18.2 Å². The molecule has 0 radical (unpaired) electrons. The van der Waals surface area contributed by atoms with Gasteiger partial charge in [0.15, 0.2) is 23.1 Å². The summed E-state index contributed by atoms with van der Waals surface area (Å²) in [5.41, 5.74) is 1.89. The first-order chi connectivity index (χ1) is 14.0. The topological polar surface area (TPSA) is 72.5 Å². The summed E-state index contributed by atoms with van der Waals surface area (Å²) < 4.78 is 36.8. The molecule has 2 aromatic carbocycles. The fourth-order valence-corrected chi connectivity index (χ4v) is 2.63. The van der Waals surface area contributed by atoms with Crippen molar-refractivity contribution in [1.29, 1.82) is 0 Å². The van der Waals surface area contributed by atoms with Crippen LogP contribution < -0.4 is 20.1 Å². The van der Waals surface area contributed by atoms with E-state index in [1.165, 1.54) is 12.3 Å². The van der Waals surface area contributed by atoms with Gasteiger partial charge in [0.2, 0.25) is 0 Å². The van der Waals surface area contributed by atoms with Crippen LogP contribution in [0.3, 0.4) is 0 Å². The SMILES string of the molecule is COc1ccc(CNc2ccnc(C(=O)Nc3ccc(F)c(F)c3)c2)cc1OC. The van der Waals surface area contributed by atoms with Crippen molar-refractivity contribution in [2.24, 2.45) is 0 Å². The second-order valence-corrected chi connectivity index (χ2v) is 6.06. The Labute approximate surface area is 166 Å². The van der Waals surface area contributed by atoms with Crippen molar-refractivity contribution in [3.8, 4) is 11.5 Å². The van der Waals surface area contributed by atoms with Gasteiger partial charge < -0.3 is 20.1 Å². The zero-order valence-corrected chi connectivity index (χ0v) is 15.8. The van der Waals surface area contributed by atoms with Crippen molar-refractivity contribution in [3.63, 3.8) is 0 Å². The Bertz CT molecular complexity index is 1030. The average molecular weight is 399 g/mol. The standard InChI is InChI=1S/C21H19F2N3O3/c1-28-19-6-3-13(9-20(19)29-2)12-25-14-7-8-24-18(11-14)21(27)26-15-4-5-16(22)17(23)10-15/h3-11H,12H2,1-2H3,(H,24,25)(H,26,27). The van der Waals surface area contributed by atoms with Crippen LogP contribution in [0.4, 0.5) is 20.2 Å². The maximum absolute atomic E-state index is 13.3. The Morgan fingerprint density at radius 1 is 0.931 bits per heavy atom. The quantitative estimate of drug-likeness (QED) is 0.622. The van der Waals surface area contributed by atoms with Crippen molar-refractivity contribution in [2.75, 3.05) is 24.9 Å². The number of rotatable bonds is 7. The third-order valence-electron chi connectivity index (χ3n) is 4.11. The number of benzene rings is 2. The number of anilines is 2. The monoisotopic (exact) mass is 399 g/mol. The third-order valence-corrected chi connectivity index (χ3v) is 4.11. The lowest BCUT2D eigenvalue weighted by Crippen LogP contribution is -2.14. The number of carbonyl (C=O) groups excluding carboxylic acids is 1. The van der Waals surface area contributed by atoms with Gasteiger partial charge in [-0.3, -0.25) is 9.78 Å². The van der Waals surface area contributed by atoms with E-state index in [2.05, 4.69) is 15.6 Å². The van der Waals surface area contributed by atoms with E-state index in [0.717, 1.165) is 17.7 Å². The van der Waals surface area contributed by atoms with Crippen molar-refractivity contribution in [1.82, 2.24) is 4.98 Å². The Morgan fingerprint density at radius 3 is 2.45 bits per heavy atom. The summed E-state index contributed by atoms with van der Waals surface area (Å²) in [7, 11) is 3.13. The zero-order valence-electron chi connectivity index (χ0n) is 15.8. The first kappa shape index (κ1) is 20.1. The summed E-state index contributed by atoms with van der Waals surface area (Å²) in [6, 6.07) is 12.0. The van der Waals surface area contributed by atoms with E-state index in [0.29, 0.717) is 23.7 Å². The van der Waals surface area contributed by atoms with Gasteiger partial charge in [-0.25, -0.2) is 8.78 Å². The highest BCUT2D eigenvalue weighted by Gasteiger charge is 2.11. The summed E-state index contributed by atoms with van der Waals surface area (Å²) in [6.45, 7) is 0.481. The van der Waals surface area contributed by atoms with E-state index in [-0.39, 0.29) is 11.4 Å². The predicted molar refractivity (Wildman–Crippen MR) is 105 cm³/mol. The Morgan fingerprint density at radius 2 is 1.72 bits per heavy atom. The van der Waals surface area contributed by atoms with Crippen LogP contribution in [0.1, 0.15) is 16.1 Å². The van der Waals surface area contributed by atoms with E-state index in [1.54, 1.807) is 26.4 Å². The molecular weight excluding hydrogens is 380 g/mol. The maximum atomic E-state index is 13.3. The molecule has 2 N–H and O–H groups in total. The number of nitrogens with zero attached hydrogens (tertiary/aromatic N) is 1. The second-order valence-electron chi connectivity index (χ2n) is 6.06. The molecule has 0 aliphatic carbocycles. The number of carbonyl (C=O) groups is 1. The molecule has 1 amide bonds. The number of hydrogen-bond donors (Lipinski definition) is 2. The van der Waals surface area contributed by atoms with Gasteiger partial charge in [-0.15, -0.1) is 0 Å². The van der Waals surface area contributed by atoms with Crippen LogP contribution in [-0.4, -0.2) is 25.1 Å². The number of ether oxygens (including phenoxy) is 2. The van der Waals surface area contributed by atoms with Gasteiger partial charge in [0.25, 0.3) is 5.91 Å². The molecule has 0 saturated carbocycles. The molecule has 0 aliphatic heterocycles. The van der Waals surface area contributed by atoms with Crippen LogP contribution >= 0.6 is 0 Å². The highest BCUT2D eigenvalue weighted by molar-refractivity contribution is 6.03. The molecule has 0 spiro atoms. The fourth-order valence-electron chi connectivity index (χ4n) is 2.63. The van der Waals surface area contributed by atoms with E-state index < -0.39 is 17.5 Å². The molecular formula is C21H19F2N3O3. The summed E-state index contributed by atoms with van der Waals surface area (Å²) >= 11 is 0. The van der Waals surface area contributed by atoms with Crippen molar-refractivity contribution < 1.29 is 23.0 Å². The number of pyridine rings is 1. The Balaban J connectivity index is 1.67. The van der Waals surface area contributed by atoms with Crippen LogP contribution in [0, 0.1) is 11.6 Å². The Hall–Kier alpha value is -3.68. The molecule has 0 saturated heterocycles. The van der Waals surface area contributed by atoms with Crippen LogP contribution in [0.5, 0.6) is 11.5 Å². The normalized spacial score (nSPS) is 10.3. The van der Waals surface area contributed by atoms with Crippen molar-refractivity contribution in [2.45, 2.75) is 6.54 Å². The van der Waals surface area contributed by atoms with Gasteiger partial charge in [-0.2, -0.15) is 0 Å². The molecule has 0 unspecified atom stereocenters. The predicted octanol–water partition coefficient (Wildman–Crippen LogP) is 4.24. The largest absolute Gasteiger partial charge is 0.493 e. The molecule has 8 heteroatoms. The summed E-state index contributed by atoms with van der Waals surface area (Å²) in [4.78, 5) is 16.4. The first-order valence-corrected chi connectivity index (χ1v) is 8.67. The van der Waals surface area contributed by atoms with E-state index in [4.69, 9.17) is 9.47 Å². The molecule has 1 aromatic heterocycles.